The van der Waals surface area contributed by atoms with Gasteiger partial charge in [0, 0.05) is 35.6 Å². The lowest BCUT2D eigenvalue weighted by Crippen LogP contribution is -2.17. The highest BCUT2D eigenvalue weighted by atomic mass is 16.1. The van der Waals surface area contributed by atoms with E-state index < -0.39 is 11.8 Å². The van der Waals surface area contributed by atoms with E-state index in [2.05, 4.69) is 10.4 Å². The van der Waals surface area contributed by atoms with Crippen LogP contribution in [0.3, 0.4) is 0 Å². The van der Waals surface area contributed by atoms with Crippen LogP contribution < -0.4 is 16.8 Å². The zero-order valence-corrected chi connectivity index (χ0v) is 11.8. The third-order valence-electron chi connectivity index (χ3n) is 3.11. The van der Waals surface area contributed by atoms with Crippen molar-refractivity contribution in [1.29, 1.82) is 0 Å². The Morgan fingerprint density at radius 2 is 1.76 bits per heavy atom. The van der Waals surface area contributed by atoms with Crippen LogP contribution in [0.1, 0.15) is 39.2 Å². The molecule has 0 radical (unpaired) electrons. The molecular formula is C14H17N5O2. The van der Waals surface area contributed by atoms with Crippen molar-refractivity contribution in [2.45, 2.75) is 13.0 Å². The summed E-state index contributed by atoms with van der Waals surface area (Å²) in [4.78, 5) is 22.6. The highest BCUT2D eigenvalue weighted by molar-refractivity contribution is 5.99. The van der Waals surface area contributed by atoms with Crippen LogP contribution in [-0.4, -0.2) is 21.6 Å². The molecule has 0 saturated heterocycles. The van der Waals surface area contributed by atoms with Crippen molar-refractivity contribution in [2.24, 2.45) is 18.5 Å². The van der Waals surface area contributed by atoms with Gasteiger partial charge < -0.3 is 16.8 Å². The normalized spacial score (nSPS) is 11.9. The van der Waals surface area contributed by atoms with Gasteiger partial charge in [-0.1, -0.05) is 0 Å². The van der Waals surface area contributed by atoms with Gasteiger partial charge in [0.1, 0.15) is 0 Å². The summed E-state index contributed by atoms with van der Waals surface area (Å²) in [6.45, 7) is 1.94. The zero-order chi connectivity index (χ0) is 15.6. The molecule has 0 fully saturated rings. The molecule has 2 amide bonds. The average Bonchev–Trinajstić information content (AvgIpc) is 2.85. The third-order valence-corrected chi connectivity index (χ3v) is 3.11. The number of aryl methyl sites for hydroxylation is 1. The molecule has 7 heteroatoms. The fourth-order valence-corrected chi connectivity index (χ4v) is 1.99. The summed E-state index contributed by atoms with van der Waals surface area (Å²) in [5.41, 5.74) is 12.6. The van der Waals surface area contributed by atoms with Gasteiger partial charge in [0.05, 0.1) is 12.2 Å². The van der Waals surface area contributed by atoms with Crippen LogP contribution in [0.5, 0.6) is 0 Å². The molecule has 5 N–H and O–H groups in total. The van der Waals surface area contributed by atoms with Crippen molar-refractivity contribution in [3.8, 4) is 0 Å². The van der Waals surface area contributed by atoms with Crippen LogP contribution >= 0.6 is 0 Å². The SMILES string of the molecule is CC(Nc1cc(C(N)=O)cc(C(N)=O)c1)c1cnn(C)c1. The Morgan fingerprint density at radius 3 is 2.19 bits per heavy atom. The highest BCUT2D eigenvalue weighted by Gasteiger charge is 2.12. The van der Waals surface area contributed by atoms with E-state index in [-0.39, 0.29) is 17.2 Å². The number of primary amides is 2. The van der Waals surface area contributed by atoms with E-state index in [0.717, 1.165) is 5.56 Å². The van der Waals surface area contributed by atoms with E-state index in [0.29, 0.717) is 5.69 Å². The van der Waals surface area contributed by atoms with Crippen LogP contribution in [0.4, 0.5) is 5.69 Å². The Labute approximate surface area is 121 Å². The summed E-state index contributed by atoms with van der Waals surface area (Å²) in [5, 5.41) is 7.29. The van der Waals surface area contributed by atoms with Crippen molar-refractivity contribution in [3.05, 3.63) is 47.3 Å². The molecule has 21 heavy (non-hydrogen) atoms. The van der Waals surface area contributed by atoms with Gasteiger partial charge in [0.15, 0.2) is 0 Å². The molecule has 0 aliphatic rings. The van der Waals surface area contributed by atoms with Gasteiger partial charge in [0.25, 0.3) is 0 Å². The monoisotopic (exact) mass is 287 g/mol. The zero-order valence-electron chi connectivity index (χ0n) is 11.8. The second-order valence-electron chi connectivity index (χ2n) is 4.84. The van der Waals surface area contributed by atoms with Gasteiger partial charge >= 0.3 is 0 Å². The second kappa shape index (κ2) is 5.66. The van der Waals surface area contributed by atoms with E-state index >= 15 is 0 Å². The second-order valence-corrected chi connectivity index (χ2v) is 4.84. The number of anilines is 1. The molecule has 0 aliphatic carbocycles. The molecule has 1 aromatic carbocycles. The van der Waals surface area contributed by atoms with E-state index in [1.54, 1.807) is 23.0 Å². The van der Waals surface area contributed by atoms with Crippen LogP contribution in [0.25, 0.3) is 0 Å². The maximum Gasteiger partial charge on any atom is 0.248 e. The lowest BCUT2D eigenvalue weighted by atomic mass is 10.1. The molecule has 110 valence electrons. The molecule has 1 unspecified atom stereocenters. The van der Waals surface area contributed by atoms with Crippen molar-refractivity contribution in [2.75, 3.05) is 5.32 Å². The summed E-state index contributed by atoms with van der Waals surface area (Å²) >= 11 is 0. The number of nitrogens with two attached hydrogens (primary N) is 2. The molecule has 1 heterocycles. The molecule has 1 aromatic heterocycles. The summed E-state index contributed by atoms with van der Waals surface area (Å²) in [7, 11) is 1.83. The first kappa shape index (κ1) is 14.6. The number of aromatic nitrogens is 2. The predicted molar refractivity (Wildman–Crippen MR) is 78.7 cm³/mol. The number of rotatable bonds is 5. The van der Waals surface area contributed by atoms with Crippen LogP contribution in [-0.2, 0) is 7.05 Å². The first-order valence-corrected chi connectivity index (χ1v) is 6.36. The standard InChI is InChI=1S/C14H17N5O2/c1-8(11-6-17-19(2)7-11)18-12-4-9(13(15)20)3-10(5-12)14(16)21/h3-8,18H,1-2H3,(H2,15,20)(H2,16,21). The summed E-state index contributed by atoms with van der Waals surface area (Å²) in [6, 6.07) is 4.50. The fraction of sp³-hybridized carbons (Fsp3) is 0.214. The van der Waals surface area contributed by atoms with Crippen molar-refractivity contribution in [3.63, 3.8) is 0 Å². The van der Waals surface area contributed by atoms with Gasteiger partial charge in [-0.15, -0.1) is 0 Å². The van der Waals surface area contributed by atoms with Crippen molar-refractivity contribution < 1.29 is 9.59 Å². The molecular weight excluding hydrogens is 270 g/mol. The minimum absolute atomic E-state index is 0.0532. The number of hydrogen-bond acceptors (Lipinski definition) is 4. The number of hydrogen-bond donors (Lipinski definition) is 3. The Hall–Kier alpha value is -2.83. The minimum Gasteiger partial charge on any atom is -0.378 e. The topological polar surface area (TPSA) is 116 Å². The van der Waals surface area contributed by atoms with Gasteiger partial charge in [0.2, 0.25) is 11.8 Å². The molecule has 2 rings (SSSR count). The van der Waals surface area contributed by atoms with E-state index in [4.69, 9.17) is 11.5 Å². The maximum atomic E-state index is 11.3. The first-order valence-electron chi connectivity index (χ1n) is 6.36. The Morgan fingerprint density at radius 1 is 1.19 bits per heavy atom. The Balaban J connectivity index is 2.30. The van der Waals surface area contributed by atoms with Crippen molar-refractivity contribution in [1.82, 2.24) is 9.78 Å². The van der Waals surface area contributed by atoms with E-state index in [1.165, 1.54) is 6.07 Å². The first-order chi connectivity index (χ1) is 9.86. The fourth-order valence-electron chi connectivity index (χ4n) is 1.99. The van der Waals surface area contributed by atoms with E-state index in [1.807, 2.05) is 20.2 Å². The summed E-state index contributed by atoms with van der Waals surface area (Å²) < 4.78 is 1.70. The van der Waals surface area contributed by atoms with Crippen molar-refractivity contribution >= 4 is 17.5 Å². The maximum absolute atomic E-state index is 11.3. The molecule has 0 aliphatic heterocycles. The largest absolute Gasteiger partial charge is 0.378 e. The minimum atomic E-state index is -0.616. The molecule has 0 saturated carbocycles. The molecule has 1 atom stereocenters. The quantitative estimate of drug-likeness (QED) is 0.753. The lowest BCUT2D eigenvalue weighted by Gasteiger charge is -2.15. The molecule has 7 nitrogen and oxygen atoms in total. The number of nitrogens with one attached hydrogen (secondary N) is 1. The number of amides is 2. The van der Waals surface area contributed by atoms with Gasteiger partial charge in [-0.25, -0.2) is 0 Å². The molecule has 0 spiro atoms. The van der Waals surface area contributed by atoms with Crippen LogP contribution in [0.15, 0.2) is 30.6 Å². The average molecular weight is 287 g/mol. The Bertz CT molecular complexity index is 660. The number of carbonyl (C=O) groups is 2. The molecule has 0 bridgehead atoms. The van der Waals surface area contributed by atoms with Gasteiger partial charge in [-0.05, 0) is 25.1 Å². The number of nitrogens with zero attached hydrogens (tertiary/aromatic N) is 2. The summed E-state index contributed by atoms with van der Waals surface area (Å²) in [6.07, 6.45) is 3.62. The summed E-state index contributed by atoms with van der Waals surface area (Å²) in [5.74, 6) is -1.23. The van der Waals surface area contributed by atoms with E-state index in [9.17, 15) is 9.59 Å². The van der Waals surface area contributed by atoms with Gasteiger partial charge in [-0.2, -0.15) is 5.10 Å². The number of carbonyl (C=O) groups excluding carboxylic acids is 2. The highest BCUT2D eigenvalue weighted by Crippen LogP contribution is 2.21. The van der Waals surface area contributed by atoms with Crippen LogP contribution in [0, 0.1) is 0 Å². The smallest absolute Gasteiger partial charge is 0.248 e. The van der Waals surface area contributed by atoms with Gasteiger partial charge in [-0.3, -0.25) is 14.3 Å². The third kappa shape index (κ3) is 3.38. The number of benzene rings is 1. The Kier molecular flexibility index (Phi) is 3.93. The lowest BCUT2D eigenvalue weighted by molar-refractivity contribution is 0.0999. The predicted octanol–water partition coefficient (Wildman–Crippen LogP) is 0.791. The molecule has 2 aromatic rings. The van der Waals surface area contributed by atoms with Crippen LogP contribution in [0.2, 0.25) is 0 Å².